The van der Waals surface area contributed by atoms with Crippen LogP contribution in [0.4, 0.5) is 28.9 Å². The molecule has 0 amide bonds. The van der Waals surface area contributed by atoms with Crippen molar-refractivity contribution in [3.05, 3.63) is 59.7 Å². The monoisotopic (exact) mass is 449 g/mol. The Hall–Kier alpha value is -2.97. The summed E-state index contributed by atoms with van der Waals surface area (Å²) in [5.74, 6) is -1.80. The number of halogens is 4. The summed E-state index contributed by atoms with van der Waals surface area (Å²) in [7, 11) is 1.70. The second kappa shape index (κ2) is 9.67. The zero-order valence-corrected chi connectivity index (χ0v) is 17.9. The molecule has 2 N–H and O–H groups in total. The quantitative estimate of drug-likeness (QED) is 0.417. The predicted molar refractivity (Wildman–Crippen MR) is 118 cm³/mol. The molecular weight excluding hydrogens is 422 g/mol. The predicted octanol–water partition coefficient (Wildman–Crippen LogP) is 3.51. The minimum Gasteiger partial charge on any atom is -0.371 e. The Morgan fingerprint density at radius 1 is 0.938 bits per heavy atom. The van der Waals surface area contributed by atoms with Crippen molar-refractivity contribution < 1.29 is 17.6 Å². The van der Waals surface area contributed by atoms with Gasteiger partial charge in [-0.3, -0.25) is 4.99 Å². The van der Waals surface area contributed by atoms with Gasteiger partial charge in [0.15, 0.2) is 17.6 Å². The van der Waals surface area contributed by atoms with Crippen LogP contribution in [-0.2, 0) is 0 Å². The molecule has 0 spiro atoms. The first kappa shape index (κ1) is 22.2. The smallest absolute Gasteiger partial charge is 0.191 e. The van der Waals surface area contributed by atoms with E-state index in [0.29, 0.717) is 42.9 Å². The van der Waals surface area contributed by atoms with Crippen LogP contribution in [0.2, 0.25) is 0 Å². The van der Waals surface area contributed by atoms with Gasteiger partial charge in [-0.25, -0.2) is 17.6 Å². The lowest BCUT2D eigenvalue weighted by Gasteiger charge is -2.22. The molecule has 2 fully saturated rings. The standard InChI is InChI=1S/C23H27F4N5/c1-28-23(30-17-7-9-32(14-17)22-5-2-16(24)10-21(22)27)29-12-15-6-8-31(13-15)18-3-4-19(25)20(26)11-18/h2-5,10-11,15,17H,6-9,12-14H2,1H3,(H2,28,29,30). The maximum Gasteiger partial charge on any atom is 0.191 e. The Labute approximate surface area is 185 Å². The van der Waals surface area contributed by atoms with Crippen LogP contribution in [0.15, 0.2) is 41.4 Å². The molecular formula is C23H27F4N5. The van der Waals surface area contributed by atoms with E-state index in [0.717, 1.165) is 38.1 Å². The molecule has 5 nitrogen and oxygen atoms in total. The van der Waals surface area contributed by atoms with E-state index in [9.17, 15) is 17.6 Å². The average Bonchev–Trinajstić information content (AvgIpc) is 3.43. The number of hydrogen-bond acceptors (Lipinski definition) is 3. The molecule has 2 aliphatic rings. The summed E-state index contributed by atoms with van der Waals surface area (Å²) in [5, 5.41) is 6.71. The maximum atomic E-state index is 14.1. The van der Waals surface area contributed by atoms with Crippen LogP contribution >= 0.6 is 0 Å². The number of benzene rings is 2. The van der Waals surface area contributed by atoms with Gasteiger partial charge in [0, 0.05) is 63.6 Å². The van der Waals surface area contributed by atoms with Gasteiger partial charge in [0.05, 0.1) is 5.69 Å². The molecule has 0 aromatic heterocycles. The Balaban J connectivity index is 1.25. The molecule has 0 saturated carbocycles. The minimum atomic E-state index is -0.839. The van der Waals surface area contributed by atoms with Crippen LogP contribution in [0, 0.1) is 29.2 Å². The van der Waals surface area contributed by atoms with E-state index in [-0.39, 0.29) is 6.04 Å². The van der Waals surface area contributed by atoms with Gasteiger partial charge < -0.3 is 20.4 Å². The van der Waals surface area contributed by atoms with Gasteiger partial charge in [0.2, 0.25) is 0 Å². The SMILES string of the molecule is CN=C(NCC1CCN(c2ccc(F)c(F)c2)C1)NC1CCN(c2ccc(F)cc2F)C1. The van der Waals surface area contributed by atoms with Crippen molar-refractivity contribution in [1.29, 1.82) is 0 Å². The summed E-state index contributed by atoms with van der Waals surface area (Å²) in [6.07, 6.45) is 1.74. The van der Waals surface area contributed by atoms with Crippen molar-refractivity contribution in [3.8, 4) is 0 Å². The largest absolute Gasteiger partial charge is 0.371 e. The summed E-state index contributed by atoms with van der Waals surface area (Å²) >= 11 is 0. The number of hydrogen-bond donors (Lipinski definition) is 2. The van der Waals surface area contributed by atoms with Gasteiger partial charge in [0.1, 0.15) is 11.6 Å². The molecule has 172 valence electrons. The highest BCUT2D eigenvalue weighted by molar-refractivity contribution is 5.80. The topological polar surface area (TPSA) is 42.9 Å². The van der Waals surface area contributed by atoms with Crippen LogP contribution in [0.1, 0.15) is 12.8 Å². The van der Waals surface area contributed by atoms with E-state index in [2.05, 4.69) is 20.5 Å². The van der Waals surface area contributed by atoms with Crippen LogP contribution in [-0.4, -0.2) is 51.8 Å². The van der Waals surface area contributed by atoms with Crippen LogP contribution in [0.3, 0.4) is 0 Å². The summed E-state index contributed by atoms with van der Waals surface area (Å²) < 4.78 is 53.9. The number of anilines is 2. The third-order valence-corrected chi connectivity index (χ3v) is 6.12. The van der Waals surface area contributed by atoms with E-state index < -0.39 is 23.3 Å². The van der Waals surface area contributed by atoms with Gasteiger partial charge in [-0.1, -0.05) is 0 Å². The van der Waals surface area contributed by atoms with Crippen LogP contribution < -0.4 is 20.4 Å². The van der Waals surface area contributed by atoms with Crippen LogP contribution in [0.5, 0.6) is 0 Å². The molecule has 0 radical (unpaired) electrons. The zero-order chi connectivity index (χ0) is 22.7. The fourth-order valence-corrected chi connectivity index (χ4v) is 4.38. The highest BCUT2D eigenvalue weighted by Gasteiger charge is 2.27. The molecule has 0 aliphatic carbocycles. The molecule has 0 bridgehead atoms. The highest BCUT2D eigenvalue weighted by Crippen LogP contribution is 2.26. The fourth-order valence-electron chi connectivity index (χ4n) is 4.38. The lowest BCUT2D eigenvalue weighted by atomic mass is 10.1. The molecule has 4 rings (SSSR count). The Morgan fingerprint density at radius 2 is 1.75 bits per heavy atom. The first-order chi connectivity index (χ1) is 15.4. The number of rotatable bonds is 5. The van der Waals surface area contributed by atoms with Gasteiger partial charge in [-0.15, -0.1) is 0 Å². The third-order valence-electron chi connectivity index (χ3n) is 6.12. The average molecular weight is 449 g/mol. The summed E-state index contributed by atoms with van der Waals surface area (Å²) in [4.78, 5) is 8.24. The number of guanidine groups is 1. The van der Waals surface area contributed by atoms with E-state index >= 15 is 0 Å². The molecule has 2 saturated heterocycles. The molecule has 9 heteroatoms. The molecule has 2 aromatic carbocycles. The minimum absolute atomic E-state index is 0.0907. The number of nitrogens with zero attached hydrogens (tertiary/aromatic N) is 3. The molecule has 2 unspecified atom stereocenters. The highest BCUT2D eigenvalue weighted by atomic mass is 19.2. The van der Waals surface area contributed by atoms with Crippen LogP contribution in [0.25, 0.3) is 0 Å². The first-order valence-corrected chi connectivity index (χ1v) is 10.8. The molecule has 2 aromatic rings. The second-order valence-corrected chi connectivity index (χ2v) is 8.32. The van der Waals surface area contributed by atoms with Crippen molar-refractivity contribution in [2.24, 2.45) is 10.9 Å². The number of nitrogens with one attached hydrogen (secondary N) is 2. The first-order valence-electron chi connectivity index (χ1n) is 10.8. The van der Waals surface area contributed by atoms with E-state index in [1.165, 1.54) is 18.2 Å². The Kier molecular flexibility index (Phi) is 6.72. The normalized spacial score (nSPS) is 21.3. The lowest BCUT2D eigenvalue weighted by Crippen LogP contribution is -2.46. The number of aliphatic imine (C=N–C) groups is 1. The third kappa shape index (κ3) is 5.08. The van der Waals surface area contributed by atoms with Crippen molar-refractivity contribution in [1.82, 2.24) is 10.6 Å². The summed E-state index contributed by atoms with van der Waals surface area (Å²) in [6.45, 7) is 3.49. The van der Waals surface area contributed by atoms with Crippen molar-refractivity contribution in [2.75, 3.05) is 49.6 Å². The zero-order valence-electron chi connectivity index (χ0n) is 17.9. The molecule has 2 aliphatic heterocycles. The van der Waals surface area contributed by atoms with Crippen molar-refractivity contribution in [2.45, 2.75) is 18.9 Å². The maximum absolute atomic E-state index is 14.1. The van der Waals surface area contributed by atoms with E-state index in [1.807, 2.05) is 4.90 Å². The fraction of sp³-hybridized carbons (Fsp3) is 0.435. The lowest BCUT2D eigenvalue weighted by molar-refractivity contribution is 0.508. The Bertz CT molecular complexity index is 983. The summed E-state index contributed by atoms with van der Waals surface area (Å²) in [5.41, 5.74) is 1.09. The molecule has 2 heterocycles. The summed E-state index contributed by atoms with van der Waals surface area (Å²) in [6, 6.07) is 7.73. The molecule has 2 atom stereocenters. The van der Waals surface area contributed by atoms with Crippen molar-refractivity contribution >= 4 is 17.3 Å². The second-order valence-electron chi connectivity index (χ2n) is 8.32. The van der Waals surface area contributed by atoms with E-state index in [1.54, 1.807) is 13.1 Å². The molecule has 32 heavy (non-hydrogen) atoms. The van der Waals surface area contributed by atoms with Crippen molar-refractivity contribution in [3.63, 3.8) is 0 Å². The van der Waals surface area contributed by atoms with E-state index in [4.69, 9.17) is 0 Å². The van der Waals surface area contributed by atoms with Gasteiger partial charge in [-0.2, -0.15) is 0 Å². The Morgan fingerprint density at radius 3 is 2.50 bits per heavy atom. The van der Waals surface area contributed by atoms with Gasteiger partial charge >= 0.3 is 0 Å². The van der Waals surface area contributed by atoms with Gasteiger partial charge in [0.25, 0.3) is 0 Å². The van der Waals surface area contributed by atoms with Gasteiger partial charge in [-0.05, 0) is 43.0 Å².